The topological polar surface area (TPSA) is 84.9 Å². The molecule has 0 radical (unpaired) electrons. The van der Waals surface area contributed by atoms with Crippen molar-refractivity contribution in [1.82, 2.24) is 5.32 Å². The molecular weight excluding hydrogens is 408 g/mol. The Kier molecular flexibility index (Phi) is 5.89. The Morgan fingerprint density at radius 1 is 0.844 bits per heavy atom. The lowest BCUT2D eigenvalue weighted by atomic mass is 10.1. The van der Waals surface area contributed by atoms with Crippen LogP contribution < -0.4 is 19.7 Å². The lowest BCUT2D eigenvalue weighted by Crippen LogP contribution is -2.29. The van der Waals surface area contributed by atoms with E-state index in [2.05, 4.69) is 5.32 Å². The fourth-order valence-electron chi connectivity index (χ4n) is 3.64. The number of imide groups is 1. The van der Waals surface area contributed by atoms with E-state index in [1.54, 1.807) is 62.8 Å². The van der Waals surface area contributed by atoms with E-state index < -0.39 is 0 Å². The number of benzene rings is 3. The largest absolute Gasteiger partial charge is 0.493 e. The maximum absolute atomic E-state index is 12.6. The first-order valence-corrected chi connectivity index (χ1v) is 10.1. The zero-order valence-corrected chi connectivity index (χ0v) is 17.8. The van der Waals surface area contributed by atoms with Gasteiger partial charge in [-0.2, -0.15) is 0 Å². The average molecular weight is 430 g/mol. The van der Waals surface area contributed by atoms with Crippen molar-refractivity contribution in [3.63, 3.8) is 0 Å². The van der Waals surface area contributed by atoms with Gasteiger partial charge in [-0.15, -0.1) is 0 Å². The molecule has 0 unspecified atom stereocenters. The van der Waals surface area contributed by atoms with Crippen molar-refractivity contribution in [2.45, 2.75) is 6.42 Å². The summed E-state index contributed by atoms with van der Waals surface area (Å²) in [5.74, 6) is 0.327. The van der Waals surface area contributed by atoms with Crippen LogP contribution in [0.3, 0.4) is 0 Å². The standard InChI is InChI=1S/C25H22N2O5/c1-31-21-12-7-16(15-22(21)32-2)13-14-26-23(28)17-8-10-18(11-9-17)27-24(29)19-5-3-4-6-20(19)25(27)30/h3-12,15H,13-14H2,1-2H3,(H,26,28). The first-order valence-electron chi connectivity index (χ1n) is 10.1. The van der Waals surface area contributed by atoms with Crippen molar-refractivity contribution < 1.29 is 23.9 Å². The van der Waals surface area contributed by atoms with Crippen molar-refractivity contribution >= 4 is 23.4 Å². The third-order valence-electron chi connectivity index (χ3n) is 5.33. The van der Waals surface area contributed by atoms with Crippen molar-refractivity contribution in [2.24, 2.45) is 0 Å². The van der Waals surface area contributed by atoms with Gasteiger partial charge in [0, 0.05) is 12.1 Å². The number of fused-ring (bicyclic) bond motifs is 1. The molecule has 7 nitrogen and oxygen atoms in total. The minimum absolute atomic E-state index is 0.237. The van der Waals surface area contributed by atoms with Crippen LogP contribution in [-0.2, 0) is 6.42 Å². The molecule has 1 aliphatic rings. The summed E-state index contributed by atoms with van der Waals surface area (Å²) in [4.78, 5) is 38.8. The molecule has 3 aromatic carbocycles. The molecule has 1 N–H and O–H groups in total. The number of carbonyl (C=O) groups is 3. The molecule has 0 saturated carbocycles. The number of ether oxygens (including phenoxy) is 2. The van der Waals surface area contributed by atoms with E-state index in [9.17, 15) is 14.4 Å². The summed E-state index contributed by atoms with van der Waals surface area (Å²) >= 11 is 0. The molecule has 1 heterocycles. The quantitative estimate of drug-likeness (QED) is 0.580. The summed E-state index contributed by atoms with van der Waals surface area (Å²) in [6.07, 6.45) is 0.624. The maximum Gasteiger partial charge on any atom is 0.266 e. The van der Waals surface area contributed by atoms with Gasteiger partial charge in [0.15, 0.2) is 11.5 Å². The predicted molar refractivity (Wildman–Crippen MR) is 120 cm³/mol. The number of amides is 3. The van der Waals surface area contributed by atoms with E-state index in [1.165, 1.54) is 0 Å². The van der Waals surface area contributed by atoms with Gasteiger partial charge in [-0.05, 0) is 60.5 Å². The van der Waals surface area contributed by atoms with Crippen LogP contribution in [0.25, 0.3) is 0 Å². The Morgan fingerprint density at radius 2 is 1.47 bits per heavy atom. The lowest BCUT2D eigenvalue weighted by Gasteiger charge is -2.14. The SMILES string of the molecule is COc1ccc(CCNC(=O)c2ccc(N3C(=O)c4ccccc4C3=O)cc2)cc1OC. The van der Waals surface area contributed by atoms with E-state index in [1.807, 2.05) is 18.2 Å². The van der Waals surface area contributed by atoms with Gasteiger partial charge in [0.25, 0.3) is 17.7 Å². The molecule has 3 amide bonds. The fourth-order valence-corrected chi connectivity index (χ4v) is 3.64. The fraction of sp³-hybridized carbons (Fsp3) is 0.160. The van der Waals surface area contributed by atoms with Crippen LogP contribution in [0.2, 0.25) is 0 Å². The zero-order valence-electron chi connectivity index (χ0n) is 17.8. The Labute approximate surface area is 185 Å². The molecular formula is C25H22N2O5. The summed E-state index contributed by atoms with van der Waals surface area (Å²) in [5, 5.41) is 2.88. The smallest absolute Gasteiger partial charge is 0.266 e. The number of anilines is 1. The predicted octanol–water partition coefficient (Wildman–Crippen LogP) is 3.48. The Hall–Kier alpha value is -4.13. The monoisotopic (exact) mass is 430 g/mol. The number of nitrogens with one attached hydrogen (secondary N) is 1. The van der Waals surface area contributed by atoms with Crippen LogP contribution in [0.5, 0.6) is 11.5 Å². The zero-order chi connectivity index (χ0) is 22.7. The number of hydrogen-bond acceptors (Lipinski definition) is 5. The van der Waals surface area contributed by atoms with Gasteiger partial charge >= 0.3 is 0 Å². The van der Waals surface area contributed by atoms with Gasteiger partial charge < -0.3 is 14.8 Å². The van der Waals surface area contributed by atoms with Crippen LogP contribution >= 0.6 is 0 Å². The molecule has 162 valence electrons. The first-order chi connectivity index (χ1) is 15.5. The highest BCUT2D eigenvalue weighted by Crippen LogP contribution is 2.29. The van der Waals surface area contributed by atoms with Gasteiger partial charge in [0.05, 0.1) is 31.0 Å². The number of carbonyl (C=O) groups excluding carboxylic acids is 3. The lowest BCUT2D eigenvalue weighted by molar-refractivity contribution is 0.0923. The summed E-state index contributed by atoms with van der Waals surface area (Å²) in [7, 11) is 3.16. The van der Waals surface area contributed by atoms with Gasteiger partial charge in [-0.3, -0.25) is 14.4 Å². The van der Waals surface area contributed by atoms with Crippen LogP contribution in [0.15, 0.2) is 66.7 Å². The van der Waals surface area contributed by atoms with E-state index in [4.69, 9.17) is 9.47 Å². The molecule has 0 aliphatic carbocycles. The summed E-state index contributed by atoms with van der Waals surface area (Å²) in [6, 6.07) is 18.8. The van der Waals surface area contributed by atoms with Gasteiger partial charge in [0.1, 0.15) is 0 Å². The molecule has 4 rings (SSSR count). The van der Waals surface area contributed by atoms with Crippen LogP contribution in [0.1, 0.15) is 36.6 Å². The second-order valence-electron chi connectivity index (χ2n) is 7.23. The first kappa shape index (κ1) is 21.1. The van der Waals surface area contributed by atoms with Crippen molar-refractivity contribution in [3.05, 3.63) is 89.0 Å². The summed E-state index contributed by atoms with van der Waals surface area (Å²) < 4.78 is 10.5. The minimum Gasteiger partial charge on any atom is -0.493 e. The van der Waals surface area contributed by atoms with Crippen molar-refractivity contribution in [2.75, 3.05) is 25.7 Å². The number of rotatable bonds is 7. The molecule has 0 aromatic heterocycles. The number of nitrogens with zero attached hydrogens (tertiary/aromatic N) is 1. The summed E-state index contributed by atoms with van der Waals surface area (Å²) in [6.45, 7) is 0.439. The van der Waals surface area contributed by atoms with Crippen LogP contribution in [-0.4, -0.2) is 38.5 Å². The normalized spacial score (nSPS) is 12.5. The van der Waals surface area contributed by atoms with Crippen LogP contribution in [0.4, 0.5) is 5.69 Å². The average Bonchev–Trinajstić information content (AvgIpc) is 3.09. The summed E-state index contributed by atoms with van der Waals surface area (Å²) in [5.41, 5.74) is 2.64. The number of hydrogen-bond donors (Lipinski definition) is 1. The molecule has 7 heteroatoms. The second-order valence-corrected chi connectivity index (χ2v) is 7.23. The molecule has 0 fully saturated rings. The van der Waals surface area contributed by atoms with Gasteiger partial charge in [-0.25, -0.2) is 4.90 Å². The van der Waals surface area contributed by atoms with Gasteiger partial charge in [0.2, 0.25) is 0 Å². The number of methoxy groups -OCH3 is 2. The molecule has 0 atom stereocenters. The molecule has 0 saturated heterocycles. The van der Waals surface area contributed by atoms with E-state index in [0.29, 0.717) is 46.8 Å². The third kappa shape index (κ3) is 3.92. The van der Waals surface area contributed by atoms with Crippen molar-refractivity contribution in [1.29, 1.82) is 0 Å². The molecule has 3 aromatic rings. The molecule has 0 bridgehead atoms. The van der Waals surface area contributed by atoms with Gasteiger partial charge in [-0.1, -0.05) is 18.2 Å². The minimum atomic E-state index is -0.363. The second kappa shape index (κ2) is 8.93. The Morgan fingerprint density at radius 3 is 2.06 bits per heavy atom. The van der Waals surface area contributed by atoms with Crippen LogP contribution in [0, 0.1) is 0 Å². The van der Waals surface area contributed by atoms with E-state index in [0.717, 1.165) is 10.5 Å². The van der Waals surface area contributed by atoms with E-state index >= 15 is 0 Å². The molecule has 0 spiro atoms. The Balaban J connectivity index is 1.38. The van der Waals surface area contributed by atoms with E-state index in [-0.39, 0.29) is 17.7 Å². The Bertz CT molecular complexity index is 1150. The molecule has 1 aliphatic heterocycles. The highest BCUT2D eigenvalue weighted by Gasteiger charge is 2.36. The van der Waals surface area contributed by atoms with Crippen molar-refractivity contribution in [3.8, 4) is 11.5 Å². The highest BCUT2D eigenvalue weighted by atomic mass is 16.5. The maximum atomic E-state index is 12.6. The molecule has 32 heavy (non-hydrogen) atoms. The third-order valence-corrected chi connectivity index (χ3v) is 5.33. The highest BCUT2D eigenvalue weighted by molar-refractivity contribution is 6.34.